The first-order valence-electron chi connectivity index (χ1n) is 5.60. The Kier molecular flexibility index (Phi) is 2.04. The average molecular weight is 196 g/mol. The van der Waals surface area contributed by atoms with E-state index in [2.05, 4.69) is 20.8 Å². The number of fused-ring (bicyclic) bond motifs is 1. The summed E-state index contributed by atoms with van der Waals surface area (Å²) in [5, 5.41) is 9.97. The van der Waals surface area contributed by atoms with Crippen LogP contribution in [0.5, 0.6) is 0 Å². The molecule has 1 N–H and O–H groups in total. The maximum Gasteiger partial charge on any atom is 0.139 e. The quantitative estimate of drug-likeness (QED) is 0.644. The lowest BCUT2D eigenvalue weighted by atomic mass is 9.56. The molecule has 2 aliphatic rings. The molecule has 0 unspecified atom stereocenters. The smallest absolute Gasteiger partial charge is 0.139 e. The topological polar surface area (TPSA) is 37.3 Å². The van der Waals surface area contributed by atoms with Crippen LogP contribution in [-0.4, -0.2) is 17.0 Å². The molecule has 0 heterocycles. The number of rotatable bonds is 0. The van der Waals surface area contributed by atoms with Crippen LogP contribution in [-0.2, 0) is 4.79 Å². The van der Waals surface area contributed by atoms with E-state index < -0.39 is 0 Å². The fourth-order valence-electron chi connectivity index (χ4n) is 3.62. The second-order valence-corrected chi connectivity index (χ2v) is 5.81. The number of hydrogen-bond donors (Lipinski definition) is 1. The molecule has 3 atom stereocenters. The summed E-state index contributed by atoms with van der Waals surface area (Å²) in [4.78, 5) is 11.8. The molecule has 0 radical (unpaired) electrons. The van der Waals surface area contributed by atoms with Gasteiger partial charge in [0.05, 0.1) is 6.10 Å². The van der Waals surface area contributed by atoms with Crippen LogP contribution in [0.4, 0.5) is 0 Å². The number of aliphatic hydroxyl groups excluding tert-OH is 1. The summed E-state index contributed by atoms with van der Waals surface area (Å²) < 4.78 is 0. The minimum Gasteiger partial charge on any atom is -0.393 e. The number of carbonyl (C=O) groups excluding carboxylic acids is 1. The van der Waals surface area contributed by atoms with Crippen molar-refractivity contribution in [3.8, 4) is 0 Å². The summed E-state index contributed by atoms with van der Waals surface area (Å²) in [6.45, 7) is 6.32. The van der Waals surface area contributed by atoms with Crippen LogP contribution in [0.15, 0.2) is 0 Å². The molecule has 0 aromatic heterocycles. The Labute approximate surface area is 85.7 Å². The van der Waals surface area contributed by atoms with Crippen molar-refractivity contribution in [3.63, 3.8) is 0 Å². The molecule has 80 valence electrons. The summed E-state index contributed by atoms with van der Waals surface area (Å²) in [7, 11) is 0. The highest BCUT2D eigenvalue weighted by Gasteiger charge is 2.56. The van der Waals surface area contributed by atoms with Crippen molar-refractivity contribution >= 4 is 5.78 Å². The maximum atomic E-state index is 11.8. The largest absolute Gasteiger partial charge is 0.393 e. The summed E-state index contributed by atoms with van der Waals surface area (Å²) >= 11 is 0. The van der Waals surface area contributed by atoms with Gasteiger partial charge < -0.3 is 5.11 Å². The van der Waals surface area contributed by atoms with Gasteiger partial charge in [0, 0.05) is 11.8 Å². The van der Waals surface area contributed by atoms with Gasteiger partial charge in [0.15, 0.2) is 0 Å². The average Bonchev–Trinajstić information content (AvgIpc) is 2.39. The Hall–Kier alpha value is -0.370. The number of Topliss-reactive ketones (excluding diaryl/α,β-unsaturated/α-hetero) is 1. The molecule has 0 aromatic rings. The van der Waals surface area contributed by atoms with Crippen LogP contribution >= 0.6 is 0 Å². The molecular weight excluding hydrogens is 176 g/mol. The molecule has 0 bridgehead atoms. The lowest BCUT2D eigenvalue weighted by Crippen LogP contribution is -2.49. The molecule has 2 aliphatic carbocycles. The third kappa shape index (κ3) is 1.10. The summed E-state index contributed by atoms with van der Waals surface area (Å²) in [5.41, 5.74) is -0.220. The zero-order valence-electron chi connectivity index (χ0n) is 9.34. The molecule has 2 saturated carbocycles. The maximum absolute atomic E-state index is 11.8. The highest BCUT2D eigenvalue weighted by Crippen LogP contribution is 2.57. The van der Waals surface area contributed by atoms with Gasteiger partial charge >= 0.3 is 0 Å². The van der Waals surface area contributed by atoms with Gasteiger partial charge in [-0.15, -0.1) is 0 Å². The van der Waals surface area contributed by atoms with Crippen molar-refractivity contribution in [2.24, 2.45) is 16.7 Å². The van der Waals surface area contributed by atoms with Crippen LogP contribution in [0.1, 0.15) is 46.5 Å². The zero-order chi connectivity index (χ0) is 10.6. The van der Waals surface area contributed by atoms with Gasteiger partial charge in [-0.3, -0.25) is 4.79 Å². The van der Waals surface area contributed by atoms with E-state index >= 15 is 0 Å². The summed E-state index contributed by atoms with van der Waals surface area (Å²) in [5.74, 6) is 0.800. The van der Waals surface area contributed by atoms with Gasteiger partial charge in [0.25, 0.3) is 0 Å². The first kappa shape index (κ1) is 10.2. The van der Waals surface area contributed by atoms with Crippen molar-refractivity contribution < 1.29 is 9.90 Å². The first-order valence-corrected chi connectivity index (χ1v) is 5.60. The molecule has 2 rings (SSSR count). The molecule has 0 aliphatic heterocycles. The monoisotopic (exact) mass is 196 g/mol. The van der Waals surface area contributed by atoms with Gasteiger partial charge in [-0.2, -0.15) is 0 Å². The van der Waals surface area contributed by atoms with Gasteiger partial charge in [-0.25, -0.2) is 0 Å². The van der Waals surface area contributed by atoms with Gasteiger partial charge in [-0.1, -0.05) is 20.8 Å². The predicted octanol–water partition coefficient (Wildman–Crippen LogP) is 2.15. The second kappa shape index (κ2) is 2.82. The lowest BCUT2D eigenvalue weighted by Gasteiger charge is -2.49. The predicted molar refractivity (Wildman–Crippen MR) is 54.9 cm³/mol. The van der Waals surface area contributed by atoms with Crippen molar-refractivity contribution in [3.05, 3.63) is 0 Å². The normalized spacial score (nSPS) is 46.4. The van der Waals surface area contributed by atoms with E-state index in [1.807, 2.05) is 0 Å². The lowest BCUT2D eigenvalue weighted by molar-refractivity contribution is -0.137. The highest BCUT2D eigenvalue weighted by molar-refractivity contribution is 5.87. The fourth-order valence-corrected chi connectivity index (χ4v) is 3.62. The number of aliphatic hydroxyl groups is 1. The van der Waals surface area contributed by atoms with Crippen molar-refractivity contribution in [2.45, 2.75) is 52.6 Å². The number of ketones is 1. The van der Waals surface area contributed by atoms with Crippen LogP contribution in [0.3, 0.4) is 0 Å². The molecular formula is C12H20O2. The zero-order valence-corrected chi connectivity index (χ0v) is 9.34. The standard InChI is InChI=1S/C12H20O2/c1-11(2)8-4-5-10(14)12(8,3)7-6-9(11)13/h8-9,13H,4-7H2,1-3H3/t8-,9+,12+/m1/s1. The van der Waals surface area contributed by atoms with E-state index in [9.17, 15) is 9.90 Å². The Bertz CT molecular complexity index is 269. The Morgan fingerprint density at radius 3 is 2.57 bits per heavy atom. The fraction of sp³-hybridized carbons (Fsp3) is 0.917. The minimum absolute atomic E-state index is 0.0842. The van der Waals surface area contributed by atoms with Crippen LogP contribution in [0.2, 0.25) is 0 Å². The number of hydrogen-bond acceptors (Lipinski definition) is 2. The van der Waals surface area contributed by atoms with E-state index in [0.29, 0.717) is 11.7 Å². The van der Waals surface area contributed by atoms with E-state index in [0.717, 1.165) is 25.7 Å². The molecule has 0 spiro atoms. The summed E-state index contributed by atoms with van der Waals surface area (Å²) in [6.07, 6.45) is 3.12. The third-order valence-corrected chi connectivity index (χ3v) is 4.76. The van der Waals surface area contributed by atoms with Crippen LogP contribution < -0.4 is 0 Å². The van der Waals surface area contributed by atoms with E-state index in [1.54, 1.807) is 0 Å². The molecule has 0 saturated heterocycles. The first-order chi connectivity index (χ1) is 6.39. The van der Waals surface area contributed by atoms with Gasteiger partial charge in [0.1, 0.15) is 5.78 Å². The molecule has 14 heavy (non-hydrogen) atoms. The number of carbonyl (C=O) groups is 1. The minimum atomic E-state index is -0.230. The SMILES string of the molecule is CC1(C)[C@H]2CCC(=O)[C@@]2(C)CC[C@@H]1O. The second-order valence-electron chi connectivity index (χ2n) is 5.81. The Balaban J connectivity index is 2.36. The van der Waals surface area contributed by atoms with Crippen molar-refractivity contribution in [1.82, 2.24) is 0 Å². The summed E-state index contributed by atoms with van der Waals surface area (Å²) in [6, 6.07) is 0. The van der Waals surface area contributed by atoms with Crippen LogP contribution in [0.25, 0.3) is 0 Å². The van der Waals surface area contributed by atoms with Gasteiger partial charge in [0.2, 0.25) is 0 Å². The van der Waals surface area contributed by atoms with Crippen molar-refractivity contribution in [2.75, 3.05) is 0 Å². The highest BCUT2D eigenvalue weighted by atomic mass is 16.3. The molecule has 0 aromatic carbocycles. The van der Waals surface area contributed by atoms with E-state index in [-0.39, 0.29) is 16.9 Å². The third-order valence-electron chi connectivity index (χ3n) is 4.76. The Morgan fingerprint density at radius 2 is 1.93 bits per heavy atom. The van der Waals surface area contributed by atoms with E-state index in [4.69, 9.17) is 0 Å². The molecule has 2 heteroatoms. The molecule has 2 nitrogen and oxygen atoms in total. The van der Waals surface area contributed by atoms with Crippen molar-refractivity contribution in [1.29, 1.82) is 0 Å². The Morgan fingerprint density at radius 1 is 1.29 bits per heavy atom. The molecule has 2 fully saturated rings. The van der Waals surface area contributed by atoms with Gasteiger partial charge in [-0.05, 0) is 30.6 Å². The van der Waals surface area contributed by atoms with E-state index in [1.165, 1.54) is 0 Å². The molecule has 0 amide bonds. The van der Waals surface area contributed by atoms with Crippen LogP contribution in [0, 0.1) is 16.7 Å².